The molecule has 0 fully saturated rings. The molecular weight excluding hydrogens is 498 g/mol. The summed E-state index contributed by atoms with van der Waals surface area (Å²) in [6.07, 6.45) is 0. The zero-order chi connectivity index (χ0) is 26.5. The summed E-state index contributed by atoms with van der Waals surface area (Å²) in [5.74, 6) is -0.874. The third kappa shape index (κ3) is 5.88. The molecule has 0 spiro atoms. The first-order chi connectivity index (χ1) is 17.1. The Morgan fingerprint density at radius 3 is 2.22 bits per heavy atom. The molecule has 0 aromatic heterocycles. The van der Waals surface area contributed by atoms with Crippen molar-refractivity contribution in [2.24, 2.45) is 0 Å². The number of benzene rings is 3. The Balaban J connectivity index is 2.08. The smallest absolute Gasteiger partial charge is 0.264 e. The minimum Gasteiger partial charge on any atom is -0.357 e. The molecule has 0 radical (unpaired) electrons. The number of halogens is 1. The number of nitrogens with one attached hydrogen (secondary N) is 1. The molecular formula is C27H30ClN3O4S. The van der Waals surface area contributed by atoms with Crippen LogP contribution in [0.1, 0.15) is 23.6 Å². The van der Waals surface area contributed by atoms with Crippen molar-refractivity contribution in [3.8, 4) is 0 Å². The summed E-state index contributed by atoms with van der Waals surface area (Å²) in [5, 5.41) is 2.95. The highest BCUT2D eigenvalue weighted by Gasteiger charge is 2.33. The highest BCUT2D eigenvalue weighted by molar-refractivity contribution is 7.92. The molecule has 0 saturated carbocycles. The van der Waals surface area contributed by atoms with Gasteiger partial charge in [0.2, 0.25) is 11.8 Å². The van der Waals surface area contributed by atoms with Crippen molar-refractivity contribution >= 4 is 39.1 Å². The van der Waals surface area contributed by atoms with Gasteiger partial charge in [-0.05, 0) is 61.7 Å². The molecule has 3 aromatic rings. The Hall–Kier alpha value is -3.36. The lowest BCUT2D eigenvalue weighted by molar-refractivity contribution is -0.139. The molecule has 0 aliphatic rings. The topological polar surface area (TPSA) is 86.8 Å². The summed E-state index contributed by atoms with van der Waals surface area (Å²) in [6.45, 7) is 4.88. The fourth-order valence-corrected chi connectivity index (χ4v) is 5.52. The van der Waals surface area contributed by atoms with Crippen molar-refractivity contribution in [1.29, 1.82) is 0 Å². The van der Waals surface area contributed by atoms with Crippen LogP contribution >= 0.6 is 11.6 Å². The van der Waals surface area contributed by atoms with Gasteiger partial charge in [0.25, 0.3) is 10.0 Å². The van der Waals surface area contributed by atoms with E-state index in [2.05, 4.69) is 5.32 Å². The van der Waals surface area contributed by atoms with Crippen LogP contribution in [0.5, 0.6) is 0 Å². The molecule has 9 heteroatoms. The van der Waals surface area contributed by atoms with Crippen molar-refractivity contribution in [1.82, 2.24) is 10.2 Å². The fraction of sp³-hybridized carbons (Fsp3) is 0.259. The molecule has 190 valence electrons. The highest BCUT2D eigenvalue weighted by atomic mass is 35.5. The van der Waals surface area contributed by atoms with Gasteiger partial charge < -0.3 is 10.2 Å². The van der Waals surface area contributed by atoms with Gasteiger partial charge in [-0.3, -0.25) is 13.9 Å². The third-order valence-electron chi connectivity index (χ3n) is 6.13. The maximum Gasteiger partial charge on any atom is 0.264 e. The first-order valence-electron chi connectivity index (χ1n) is 11.5. The predicted molar refractivity (Wildman–Crippen MR) is 142 cm³/mol. The van der Waals surface area contributed by atoms with E-state index in [1.165, 1.54) is 24.1 Å². The summed E-state index contributed by atoms with van der Waals surface area (Å²) in [5.41, 5.74) is 2.64. The predicted octanol–water partition coefficient (Wildman–Crippen LogP) is 4.32. The molecule has 0 bridgehead atoms. The molecule has 0 heterocycles. The van der Waals surface area contributed by atoms with Crippen molar-refractivity contribution < 1.29 is 18.0 Å². The molecule has 1 N–H and O–H groups in total. The van der Waals surface area contributed by atoms with Crippen molar-refractivity contribution in [2.45, 2.75) is 38.3 Å². The lowest BCUT2D eigenvalue weighted by Crippen LogP contribution is -2.50. The number of amides is 2. The number of carbonyl (C=O) groups excluding carboxylic acids is 2. The van der Waals surface area contributed by atoms with Gasteiger partial charge in [-0.1, -0.05) is 60.1 Å². The van der Waals surface area contributed by atoms with Crippen LogP contribution in [0.4, 0.5) is 5.69 Å². The maximum absolute atomic E-state index is 13.8. The molecule has 0 aliphatic carbocycles. The number of likely N-dealkylation sites (N-methyl/N-ethyl adjacent to an activating group) is 1. The number of sulfonamides is 1. The minimum atomic E-state index is -4.13. The van der Waals surface area contributed by atoms with Gasteiger partial charge in [-0.15, -0.1) is 0 Å². The Kier molecular flexibility index (Phi) is 8.76. The van der Waals surface area contributed by atoms with Gasteiger partial charge >= 0.3 is 0 Å². The first-order valence-corrected chi connectivity index (χ1v) is 13.3. The van der Waals surface area contributed by atoms with E-state index in [1.807, 2.05) is 31.2 Å². The summed E-state index contributed by atoms with van der Waals surface area (Å²) in [4.78, 5) is 27.8. The summed E-state index contributed by atoms with van der Waals surface area (Å²) >= 11 is 6.32. The monoisotopic (exact) mass is 527 g/mol. The Morgan fingerprint density at radius 2 is 1.58 bits per heavy atom. The zero-order valence-corrected chi connectivity index (χ0v) is 22.3. The standard InChI is InChI=1S/C27H30ClN3O4S/c1-19-11-8-9-12-22(19)17-30(21(3)27(33)29-4)26(32)18-31(25-16-10-15-24(28)20(25)2)36(34,35)23-13-6-5-7-14-23/h5-16,21H,17-18H2,1-4H3,(H,29,33)/t21-/m1/s1. The molecule has 0 aliphatic heterocycles. The van der Waals surface area contributed by atoms with E-state index in [9.17, 15) is 18.0 Å². The van der Waals surface area contributed by atoms with Gasteiger partial charge in [-0.25, -0.2) is 8.42 Å². The fourth-order valence-electron chi connectivity index (χ4n) is 3.86. The lowest BCUT2D eigenvalue weighted by Gasteiger charge is -2.32. The van der Waals surface area contributed by atoms with Gasteiger partial charge in [0.1, 0.15) is 12.6 Å². The van der Waals surface area contributed by atoms with E-state index >= 15 is 0 Å². The molecule has 1 atom stereocenters. The summed E-state index contributed by atoms with van der Waals surface area (Å²) in [6, 6.07) is 19.5. The number of nitrogens with zero attached hydrogens (tertiary/aromatic N) is 2. The zero-order valence-electron chi connectivity index (χ0n) is 20.7. The molecule has 3 rings (SSSR count). The lowest BCUT2D eigenvalue weighted by atomic mass is 10.1. The molecule has 2 amide bonds. The van der Waals surface area contributed by atoms with Crippen LogP contribution in [0.15, 0.2) is 77.7 Å². The van der Waals surface area contributed by atoms with Crippen LogP contribution in [-0.4, -0.2) is 44.8 Å². The Morgan fingerprint density at radius 1 is 0.944 bits per heavy atom. The second-order valence-electron chi connectivity index (χ2n) is 8.45. The number of hydrogen-bond acceptors (Lipinski definition) is 4. The van der Waals surface area contributed by atoms with E-state index in [0.717, 1.165) is 15.4 Å². The van der Waals surface area contributed by atoms with Crippen LogP contribution in [0.2, 0.25) is 5.02 Å². The Bertz CT molecular complexity index is 1350. The van der Waals surface area contributed by atoms with E-state index in [4.69, 9.17) is 11.6 Å². The van der Waals surface area contributed by atoms with Crippen LogP contribution in [0, 0.1) is 13.8 Å². The largest absolute Gasteiger partial charge is 0.357 e. The van der Waals surface area contributed by atoms with Crippen LogP contribution < -0.4 is 9.62 Å². The van der Waals surface area contributed by atoms with E-state index < -0.39 is 28.5 Å². The van der Waals surface area contributed by atoms with Crippen LogP contribution in [-0.2, 0) is 26.2 Å². The summed E-state index contributed by atoms with van der Waals surface area (Å²) in [7, 11) is -2.63. The molecule has 0 saturated heterocycles. The molecule has 36 heavy (non-hydrogen) atoms. The number of hydrogen-bond donors (Lipinski definition) is 1. The normalized spacial score (nSPS) is 12.0. The molecule has 7 nitrogen and oxygen atoms in total. The first kappa shape index (κ1) is 27.2. The van der Waals surface area contributed by atoms with E-state index in [1.54, 1.807) is 50.2 Å². The number of carbonyl (C=O) groups is 2. The van der Waals surface area contributed by atoms with Crippen molar-refractivity contribution in [3.63, 3.8) is 0 Å². The SMILES string of the molecule is CNC(=O)[C@@H](C)N(Cc1ccccc1C)C(=O)CN(c1cccc(Cl)c1C)S(=O)(=O)c1ccccc1. The van der Waals surface area contributed by atoms with Crippen LogP contribution in [0.3, 0.4) is 0 Å². The van der Waals surface area contributed by atoms with Crippen molar-refractivity contribution in [2.75, 3.05) is 17.9 Å². The quantitative estimate of drug-likeness (QED) is 0.449. The second-order valence-corrected chi connectivity index (χ2v) is 10.7. The Labute approximate surface area is 217 Å². The number of anilines is 1. The third-order valence-corrected chi connectivity index (χ3v) is 8.32. The number of aryl methyl sites for hydroxylation is 1. The van der Waals surface area contributed by atoms with Crippen molar-refractivity contribution in [3.05, 3.63) is 94.5 Å². The van der Waals surface area contributed by atoms with Gasteiger partial charge in [-0.2, -0.15) is 0 Å². The average molecular weight is 528 g/mol. The average Bonchev–Trinajstić information content (AvgIpc) is 2.88. The van der Waals surface area contributed by atoms with Crippen LogP contribution in [0.25, 0.3) is 0 Å². The molecule has 3 aromatic carbocycles. The van der Waals surface area contributed by atoms with Gasteiger partial charge in [0, 0.05) is 18.6 Å². The number of rotatable bonds is 9. The molecule has 0 unspecified atom stereocenters. The van der Waals surface area contributed by atoms with E-state index in [0.29, 0.717) is 16.3 Å². The minimum absolute atomic E-state index is 0.0435. The second kappa shape index (κ2) is 11.6. The van der Waals surface area contributed by atoms with E-state index in [-0.39, 0.29) is 17.3 Å². The maximum atomic E-state index is 13.8. The van der Waals surface area contributed by atoms with Gasteiger partial charge in [0.15, 0.2) is 0 Å². The summed E-state index contributed by atoms with van der Waals surface area (Å²) < 4.78 is 28.6. The highest BCUT2D eigenvalue weighted by Crippen LogP contribution is 2.31. The van der Waals surface area contributed by atoms with Gasteiger partial charge in [0.05, 0.1) is 10.6 Å².